The summed E-state index contributed by atoms with van der Waals surface area (Å²) in [6.07, 6.45) is -4.06. The topological polar surface area (TPSA) is 288 Å². The molecule has 34 heavy (non-hydrogen) atoms. The smallest absolute Gasteiger partial charge is 0.387 e. The lowest BCUT2D eigenvalue weighted by Gasteiger charge is -2.27. The van der Waals surface area contributed by atoms with Crippen LogP contribution in [0.15, 0.2) is 23.6 Å². The van der Waals surface area contributed by atoms with E-state index in [1.54, 1.807) is 13.0 Å². The van der Waals surface area contributed by atoms with Crippen LogP contribution < -0.4 is 0 Å². The highest BCUT2D eigenvalue weighted by molar-refractivity contribution is 7.66. The number of nitrogens with zero attached hydrogens (tertiary/aromatic N) is 6. The number of hydrogen-bond donors (Lipinski definition) is 6. The van der Waals surface area contributed by atoms with E-state index < -0.39 is 54.1 Å². The van der Waals surface area contributed by atoms with Gasteiger partial charge in [-0.25, -0.2) is 23.2 Å². The fourth-order valence-corrected chi connectivity index (χ4v) is 6.15. The van der Waals surface area contributed by atoms with Crippen molar-refractivity contribution in [2.45, 2.75) is 31.0 Å². The molecule has 2 unspecified atom stereocenters. The molecule has 1 saturated heterocycles. The number of phosphoric acid groups is 3. The van der Waals surface area contributed by atoms with Gasteiger partial charge in [0.25, 0.3) is 0 Å². The van der Waals surface area contributed by atoms with Crippen molar-refractivity contribution in [3.63, 3.8) is 0 Å². The summed E-state index contributed by atoms with van der Waals surface area (Å²) in [6, 6.07) is 3.04. The number of hydrogen-bond acceptors (Lipinski definition) is 12. The van der Waals surface area contributed by atoms with Crippen LogP contribution in [0.2, 0.25) is 0 Å². The first-order valence-corrected chi connectivity index (χ1v) is 13.3. The molecular formula is C12H17N6O13P3. The van der Waals surface area contributed by atoms with Crippen molar-refractivity contribution in [3.8, 4) is 0 Å². The molecule has 2 aromatic rings. The van der Waals surface area contributed by atoms with Crippen LogP contribution in [0.3, 0.4) is 0 Å². The van der Waals surface area contributed by atoms with E-state index in [4.69, 9.17) is 20.1 Å². The first-order chi connectivity index (χ1) is 15.6. The number of phosphoric ester groups is 1. The van der Waals surface area contributed by atoms with Crippen molar-refractivity contribution in [1.29, 1.82) is 0 Å². The second kappa shape index (κ2) is 9.35. The Balaban J connectivity index is 1.86. The Morgan fingerprint density at radius 2 is 1.88 bits per heavy atom. The fourth-order valence-electron chi connectivity index (χ4n) is 3.10. The van der Waals surface area contributed by atoms with Gasteiger partial charge in [-0.05, 0) is 24.6 Å². The van der Waals surface area contributed by atoms with Crippen LogP contribution in [0, 0.1) is 6.92 Å². The Labute approximate surface area is 188 Å². The summed E-state index contributed by atoms with van der Waals surface area (Å²) in [4.78, 5) is 42.5. The molecule has 2 aromatic heterocycles. The maximum atomic E-state index is 12.0. The van der Waals surface area contributed by atoms with Crippen LogP contribution in [-0.4, -0.2) is 68.9 Å². The van der Waals surface area contributed by atoms with Gasteiger partial charge in [0.2, 0.25) is 0 Å². The molecule has 19 nitrogen and oxygen atoms in total. The quantitative estimate of drug-likeness (QED) is 0.106. The van der Waals surface area contributed by atoms with Gasteiger partial charge in [-0.1, -0.05) is 5.11 Å². The van der Waals surface area contributed by atoms with Crippen molar-refractivity contribution in [1.82, 2.24) is 14.6 Å². The second-order valence-electron chi connectivity index (χ2n) is 6.77. The monoisotopic (exact) mass is 546 g/mol. The van der Waals surface area contributed by atoms with E-state index in [1.807, 2.05) is 0 Å². The molecule has 3 rings (SSSR count). The van der Waals surface area contributed by atoms with Crippen molar-refractivity contribution < 1.29 is 61.4 Å². The third kappa shape index (κ3) is 5.71. The fraction of sp³-hybridized carbons (Fsp3) is 0.500. The van der Waals surface area contributed by atoms with Crippen molar-refractivity contribution >= 4 is 29.0 Å². The molecule has 188 valence electrons. The number of fused-ring (bicyclic) bond motifs is 1. The predicted molar refractivity (Wildman–Crippen MR) is 105 cm³/mol. The number of aryl methyl sites for hydroxylation is 1. The Morgan fingerprint density at radius 1 is 1.21 bits per heavy atom. The zero-order valence-electron chi connectivity index (χ0n) is 16.7. The van der Waals surface area contributed by atoms with Gasteiger partial charge in [-0.15, -0.1) is 0 Å². The molecule has 0 aliphatic carbocycles. The lowest BCUT2D eigenvalue weighted by atomic mass is 10.0. The second-order valence-corrected chi connectivity index (χ2v) is 11.2. The molecule has 1 fully saturated rings. The van der Waals surface area contributed by atoms with E-state index in [-0.39, 0.29) is 5.69 Å². The summed E-state index contributed by atoms with van der Waals surface area (Å²) in [6.45, 7) is 0.349. The standard InChI is InChI=1S/C12H17N6O13P3/c1-6-7-2-3-8(18(7)15-5-14-6)10-9(19)11(20)12(29-10,16-17-13)4-28-33(24,25)31-34(26,27)30-32(21,22)23/h2-3,5,9-11,19-20H,4H2,1H3,(H,24,25)(H,26,27)(H2,21,22,23)/t9-,10-,11-,12+/m0/s1. The minimum atomic E-state index is -5.82. The van der Waals surface area contributed by atoms with Crippen LogP contribution in [0.4, 0.5) is 0 Å². The highest BCUT2D eigenvalue weighted by Crippen LogP contribution is 2.66. The van der Waals surface area contributed by atoms with Gasteiger partial charge >= 0.3 is 23.5 Å². The van der Waals surface area contributed by atoms with Gasteiger partial charge in [-0.2, -0.15) is 13.7 Å². The predicted octanol–water partition coefficient (Wildman–Crippen LogP) is 0.181. The third-order valence-corrected chi connectivity index (χ3v) is 8.24. The normalized spacial score (nSPS) is 28.9. The summed E-state index contributed by atoms with van der Waals surface area (Å²) in [5.41, 5.74) is 7.59. The molecule has 0 radical (unpaired) electrons. The van der Waals surface area contributed by atoms with Crippen LogP contribution in [-0.2, 0) is 31.6 Å². The largest absolute Gasteiger partial charge is 0.490 e. The molecule has 0 bridgehead atoms. The van der Waals surface area contributed by atoms with Crippen LogP contribution in [0.1, 0.15) is 17.5 Å². The molecule has 1 aliphatic heterocycles. The van der Waals surface area contributed by atoms with E-state index >= 15 is 0 Å². The highest BCUT2D eigenvalue weighted by Gasteiger charge is 2.56. The number of aliphatic hydroxyl groups excluding tert-OH is 2. The van der Waals surface area contributed by atoms with Gasteiger partial charge in [0.1, 0.15) is 24.6 Å². The number of azide groups is 1. The maximum absolute atomic E-state index is 12.0. The summed E-state index contributed by atoms with van der Waals surface area (Å²) >= 11 is 0. The lowest BCUT2D eigenvalue weighted by Crippen LogP contribution is -2.44. The lowest BCUT2D eigenvalue weighted by molar-refractivity contribution is -0.106. The van der Waals surface area contributed by atoms with Gasteiger partial charge in [0, 0.05) is 4.91 Å². The molecular weight excluding hydrogens is 529 g/mol. The van der Waals surface area contributed by atoms with Crippen LogP contribution >= 0.6 is 23.5 Å². The zero-order chi connectivity index (χ0) is 25.5. The van der Waals surface area contributed by atoms with E-state index in [0.717, 1.165) is 0 Å². The number of rotatable bonds is 9. The Morgan fingerprint density at radius 3 is 2.50 bits per heavy atom. The third-order valence-electron chi connectivity index (χ3n) is 4.46. The van der Waals surface area contributed by atoms with Crippen LogP contribution in [0.5, 0.6) is 0 Å². The minimum absolute atomic E-state index is 0.167. The molecule has 0 aromatic carbocycles. The van der Waals surface area contributed by atoms with E-state index in [1.165, 1.54) is 16.9 Å². The molecule has 3 heterocycles. The molecule has 0 spiro atoms. The minimum Gasteiger partial charge on any atom is -0.387 e. The summed E-state index contributed by atoms with van der Waals surface area (Å²) < 4.78 is 52.6. The van der Waals surface area contributed by atoms with Crippen molar-refractivity contribution in [2.75, 3.05) is 6.61 Å². The molecule has 1 aliphatic rings. The SMILES string of the molecule is Cc1ncnn2c([C@@H]3O[C@@](COP(=O)(O)OP(=O)(O)OP(=O)(O)O)(N=[N+]=[N-])[C@@H](O)[C@H]3O)ccc12. The molecule has 22 heteroatoms. The van der Waals surface area contributed by atoms with Gasteiger partial charge in [0.05, 0.1) is 23.5 Å². The zero-order valence-corrected chi connectivity index (χ0v) is 19.4. The van der Waals surface area contributed by atoms with Gasteiger partial charge < -0.3 is 34.5 Å². The average Bonchev–Trinajstić information content (AvgIpc) is 3.20. The van der Waals surface area contributed by atoms with Gasteiger partial charge in [-0.3, -0.25) is 4.52 Å². The van der Waals surface area contributed by atoms with E-state index in [2.05, 4.69) is 33.3 Å². The summed E-state index contributed by atoms with van der Waals surface area (Å²) in [5, 5.41) is 28.3. The van der Waals surface area contributed by atoms with Crippen LogP contribution in [0.25, 0.3) is 16.0 Å². The molecule has 6 N–H and O–H groups in total. The Bertz CT molecular complexity index is 1280. The van der Waals surface area contributed by atoms with E-state index in [9.17, 15) is 33.7 Å². The highest BCUT2D eigenvalue weighted by atomic mass is 31.3. The molecule has 0 amide bonds. The first-order valence-electron chi connectivity index (χ1n) is 8.77. The Kier molecular flexibility index (Phi) is 7.38. The molecule has 6 atom stereocenters. The number of ether oxygens (including phenoxy) is 1. The number of aliphatic hydroxyl groups is 2. The first kappa shape index (κ1) is 26.8. The molecule has 0 saturated carbocycles. The van der Waals surface area contributed by atoms with Crippen molar-refractivity contribution in [2.24, 2.45) is 5.11 Å². The Hall–Kier alpha value is -1.78. The number of aromatic nitrogens is 3. The average molecular weight is 546 g/mol. The summed E-state index contributed by atoms with van der Waals surface area (Å²) in [5.74, 6) is 0. The van der Waals surface area contributed by atoms with Gasteiger partial charge in [0.15, 0.2) is 5.72 Å². The summed E-state index contributed by atoms with van der Waals surface area (Å²) in [7, 11) is -17.1. The van der Waals surface area contributed by atoms with E-state index in [0.29, 0.717) is 11.2 Å². The van der Waals surface area contributed by atoms with Crippen molar-refractivity contribution in [3.05, 3.63) is 40.3 Å². The maximum Gasteiger partial charge on any atom is 0.490 e.